The monoisotopic (exact) mass is 402 g/mol. The molecule has 0 saturated heterocycles. The summed E-state index contributed by atoms with van der Waals surface area (Å²) in [7, 11) is 0. The van der Waals surface area contributed by atoms with Crippen molar-refractivity contribution >= 4 is 29.3 Å². The number of halogens is 4. The highest BCUT2D eigenvalue weighted by Gasteiger charge is 2.31. The topological polar surface area (TPSA) is 77.5 Å². The Balaban J connectivity index is 1.86. The number of para-hydroxylation sites is 1. The molecule has 1 atom stereocenters. The van der Waals surface area contributed by atoms with Crippen molar-refractivity contribution in [3.8, 4) is 5.75 Å². The first-order chi connectivity index (χ1) is 12.7. The van der Waals surface area contributed by atoms with E-state index in [4.69, 9.17) is 21.1 Å². The van der Waals surface area contributed by atoms with Crippen LogP contribution in [-0.4, -0.2) is 29.6 Å². The van der Waals surface area contributed by atoms with Crippen molar-refractivity contribution in [2.24, 2.45) is 0 Å². The Morgan fingerprint density at radius 3 is 2.52 bits per heavy atom. The largest absolute Gasteiger partial charge is 0.479 e. The van der Waals surface area contributed by atoms with Crippen LogP contribution in [0.1, 0.15) is 12.5 Å². The predicted octanol–water partition coefficient (Wildman–Crippen LogP) is 3.70. The van der Waals surface area contributed by atoms with E-state index in [1.807, 2.05) is 0 Å². The highest BCUT2D eigenvalue weighted by molar-refractivity contribution is 6.33. The number of carbonyl (C=O) groups excluding carboxylic acids is 2. The summed E-state index contributed by atoms with van der Waals surface area (Å²) < 4.78 is 47.8. The Labute approximate surface area is 157 Å². The number of nitrogens with zero attached hydrogens (tertiary/aromatic N) is 1. The second-order valence-electron chi connectivity index (χ2n) is 5.28. The van der Waals surface area contributed by atoms with Gasteiger partial charge in [0.1, 0.15) is 5.75 Å². The number of alkyl halides is 3. The van der Waals surface area contributed by atoms with Gasteiger partial charge in [0, 0.05) is 6.20 Å². The minimum absolute atomic E-state index is 0.278. The molecule has 144 valence electrons. The van der Waals surface area contributed by atoms with Crippen LogP contribution in [-0.2, 0) is 20.5 Å². The lowest BCUT2D eigenvalue weighted by Gasteiger charge is -2.14. The van der Waals surface area contributed by atoms with Gasteiger partial charge >= 0.3 is 12.1 Å². The number of benzene rings is 1. The molecule has 27 heavy (non-hydrogen) atoms. The molecule has 2 rings (SSSR count). The maximum atomic E-state index is 12.5. The van der Waals surface area contributed by atoms with Crippen LogP contribution in [0.15, 0.2) is 42.6 Å². The summed E-state index contributed by atoms with van der Waals surface area (Å²) in [5.41, 5.74) is -1.05. The van der Waals surface area contributed by atoms with Gasteiger partial charge in [0.25, 0.3) is 5.91 Å². The van der Waals surface area contributed by atoms with E-state index in [1.54, 1.807) is 30.3 Å². The third-order valence-corrected chi connectivity index (χ3v) is 3.45. The number of rotatable bonds is 6. The molecular formula is C17H14ClF3N2O4. The van der Waals surface area contributed by atoms with E-state index in [9.17, 15) is 22.8 Å². The summed E-state index contributed by atoms with van der Waals surface area (Å²) in [4.78, 5) is 27.1. The van der Waals surface area contributed by atoms with Gasteiger partial charge in [-0.1, -0.05) is 29.8 Å². The lowest BCUT2D eigenvalue weighted by atomic mass is 10.3. The summed E-state index contributed by atoms with van der Waals surface area (Å²) in [6.45, 7) is 0.766. The Morgan fingerprint density at radius 1 is 1.26 bits per heavy atom. The van der Waals surface area contributed by atoms with E-state index in [2.05, 4.69) is 10.3 Å². The number of hydrogen-bond donors (Lipinski definition) is 1. The molecule has 0 spiro atoms. The number of ether oxygens (including phenoxy) is 2. The van der Waals surface area contributed by atoms with Crippen molar-refractivity contribution in [1.82, 2.24) is 4.98 Å². The SMILES string of the molecule is C[C@@H](Oc1ccccc1)C(=O)OCC(=O)Nc1ncc(C(F)(F)F)cc1Cl. The van der Waals surface area contributed by atoms with E-state index < -0.39 is 41.3 Å². The molecule has 0 bridgehead atoms. The van der Waals surface area contributed by atoms with Gasteiger partial charge in [-0.3, -0.25) is 4.79 Å². The summed E-state index contributed by atoms with van der Waals surface area (Å²) in [5.74, 6) is -1.43. The van der Waals surface area contributed by atoms with Crippen molar-refractivity contribution in [3.63, 3.8) is 0 Å². The first-order valence-electron chi connectivity index (χ1n) is 7.57. The highest BCUT2D eigenvalue weighted by Crippen LogP contribution is 2.32. The zero-order valence-corrected chi connectivity index (χ0v) is 14.7. The Morgan fingerprint density at radius 2 is 1.93 bits per heavy atom. The number of esters is 1. The fourth-order valence-electron chi connectivity index (χ4n) is 1.86. The van der Waals surface area contributed by atoms with Crippen molar-refractivity contribution in [1.29, 1.82) is 0 Å². The van der Waals surface area contributed by atoms with E-state index in [-0.39, 0.29) is 5.82 Å². The molecule has 0 fully saturated rings. The molecule has 1 aromatic heterocycles. The number of hydrogen-bond acceptors (Lipinski definition) is 5. The van der Waals surface area contributed by atoms with Crippen LogP contribution in [0.2, 0.25) is 5.02 Å². The summed E-state index contributed by atoms with van der Waals surface area (Å²) in [6, 6.07) is 9.15. The molecule has 1 heterocycles. The molecule has 2 aromatic rings. The van der Waals surface area contributed by atoms with Crippen molar-refractivity contribution in [3.05, 3.63) is 53.2 Å². The van der Waals surface area contributed by atoms with Crippen LogP contribution in [0.4, 0.5) is 19.0 Å². The second kappa shape index (κ2) is 8.72. The lowest BCUT2D eigenvalue weighted by Crippen LogP contribution is -2.30. The number of aromatic nitrogens is 1. The molecule has 1 aromatic carbocycles. The summed E-state index contributed by atoms with van der Waals surface area (Å²) in [6.07, 6.45) is -5.04. The van der Waals surface area contributed by atoms with Crippen LogP contribution in [0, 0.1) is 0 Å². The maximum absolute atomic E-state index is 12.5. The van der Waals surface area contributed by atoms with Crippen LogP contribution >= 0.6 is 11.6 Å². The summed E-state index contributed by atoms with van der Waals surface area (Å²) in [5, 5.41) is 1.77. The zero-order valence-electron chi connectivity index (χ0n) is 13.9. The molecule has 0 radical (unpaired) electrons. The molecular weight excluding hydrogens is 389 g/mol. The van der Waals surface area contributed by atoms with Gasteiger partial charge in [0.15, 0.2) is 18.5 Å². The van der Waals surface area contributed by atoms with E-state index in [0.29, 0.717) is 18.0 Å². The van der Waals surface area contributed by atoms with Crippen LogP contribution in [0.5, 0.6) is 5.75 Å². The van der Waals surface area contributed by atoms with Crippen LogP contribution < -0.4 is 10.1 Å². The Bertz CT molecular complexity index is 816. The van der Waals surface area contributed by atoms with Crippen LogP contribution in [0.3, 0.4) is 0 Å². The van der Waals surface area contributed by atoms with Gasteiger partial charge < -0.3 is 14.8 Å². The molecule has 10 heteroatoms. The zero-order chi connectivity index (χ0) is 20.0. The number of pyridine rings is 1. The molecule has 6 nitrogen and oxygen atoms in total. The molecule has 0 aliphatic rings. The minimum atomic E-state index is -4.61. The van der Waals surface area contributed by atoms with Gasteiger partial charge in [-0.15, -0.1) is 0 Å². The summed E-state index contributed by atoms with van der Waals surface area (Å²) >= 11 is 5.68. The molecule has 1 N–H and O–H groups in total. The van der Waals surface area contributed by atoms with Gasteiger partial charge in [-0.25, -0.2) is 9.78 Å². The Kier molecular flexibility index (Phi) is 6.62. The fourth-order valence-corrected chi connectivity index (χ4v) is 2.07. The Hall–Kier alpha value is -2.81. The van der Waals surface area contributed by atoms with Crippen LogP contribution in [0.25, 0.3) is 0 Å². The quantitative estimate of drug-likeness (QED) is 0.745. The third-order valence-electron chi connectivity index (χ3n) is 3.16. The first-order valence-corrected chi connectivity index (χ1v) is 7.95. The van der Waals surface area contributed by atoms with Gasteiger partial charge in [-0.05, 0) is 25.1 Å². The first kappa shape index (κ1) is 20.5. The predicted molar refractivity (Wildman–Crippen MR) is 90.4 cm³/mol. The lowest BCUT2D eigenvalue weighted by molar-refractivity contribution is -0.153. The van der Waals surface area contributed by atoms with E-state index in [1.165, 1.54) is 6.92 Å². The average Bonchev–Trinajstić information content (AvgIpc) is 2.61. The standard InChI is InChI=1S/C17H14ClF3N2O4/c1-10(27-12-5-3-2-4-6-12)16(25)26-9-14(24)23-15-13(18)7-11(8-22-15)17(19,20)21/h2-8,10H,9H2,1H3,(H,22,23,24)/t10-/m1/s1. The fraction of sp³-hybridized carbons (Fsp3) is 0.235. The molecule has 0 aliphatic carbocycles. The second-order valence-corrected chi connectivity index (χ2v) is 5.69. The normalized spacial score (nSPS) is 12.2. The minimum Gasteiger partial charge on any atom is -0.479 e. The smallest absolute Gasteiger partial charge is 0.417 e. The van der Waals surface area contributed by atoms with Gasteiger partial charge in [0.2, 0.25) is 0 Å². The average molecular weight is 403 g/mol. The van der Waals surface area contributed by atoms with Gasteiger partial charge in [-0.2, -0.15) is 13.2 Å². The molecule has 0 saturated carbocycles. The third kappa shape index (κ3) is 6.14. The van der Waals surface area contributed by atoms with E-state index >= 15 is 0 Å². The maximum Gasteiger partial charge on any atom is 0.417 e. The van der Waals surface area contributed by atoms with Crippen molar-refractivity contribution < 1.29 is 32.2 Å². The van der Waals surface area contributed by atoms with Gasteiger partial charge in [0.05, 0.1) is 10.6 Å². The van der Waals surface area contributed by atoms with E-state index in [0.717, 1.165) is 0 Å². The number of amides is 1. The number of anilines is 1. The molecule has 1 amide bonds. The molecule has 0 aliphatic heterocycles. The van der Waals surface area contributed by atoms with Crippen molar-refractivity contribution in [2.75, 3.05) is 11.9 Å². The highest BCUT2D eigenvalue weighted by atomic mass is 35.5. The number of carbonyl (C=O) groups is 2. The number of nitrogens with one attached hydrogen (secondary N) is 1. The molecule has 0 unspecified atom stereocenters. The van der Waals surface area contributed by atoms with Crippen molar-refractivity contribution in [2.45, 2.75) is 19.2 Å².